The number of hydrogen-bond donors (Lipinski definition) is 13. The van der Waals surface area contributed by atoms with Crippen LogP contribution in [0.15, 0.2) is 31.2 Å². The van der Waals surface area contributed by atoms with Gasteiger partial charge in [0.25, 0.3) is 0 Å². The molecule has 2 aliphatic rings. The fourth-order valence-electron chi connectivity index (χ4n) is 6.03. The number of imidazole rings is 1. The molecule has 2 aliphatic heterocycles. The van der Waals surface area contributed by atoms with Gasteiger partial charge < -0.3 is 79.3 Å². The van der Waals surface area contributed by atoms with Gasteiger partial charge in [0.1, 0.15) is 59.4 Å². The van der Waals surface area contributed by atoms with Crippen LogP contribution in [0.4, 0.5) is 5.82 Å². The highest BCUT2D eigenvalue weighted by atomic mass is 31.3. The van der Waals surface area contributed by atoms with E-state index in [0.717, 1.165) is 6.33 Å². The van der Waals surface area contributed by atoms with Crippen LogP contribution in [-0.2, 0) is 63.2 Å². The molecule has 14 N–H and O–H groups in total. The number of aromatic nitrogens is 7. The summed E-state index contributed by atoms with van der Waals surface area (Å²) in [5.74, 6) is 0.0381. The Morgan fingerprint density at radius 2 is 1.09 bits per heavy atom. The Hall–Kier alpha value is -2.45. The highest BCUT2D eigenvalue weighted by molar-refractivity contribution is 7.67. The van der Waals surface area contributed by atoms with E-state index in [2.05, 4.69) is 51.2 Å². The van der Waals surface area contributed by atoms with Crippen molar-refractivity contribution in [1.82, 2.24) is 34.1 Å². The average molecular weight is 1040 g/mol. The monoisotopic (exact) mass is 1040 g/mol. The summed E-state index contributed by atoms with van der Waals surface area (Å²) in [6.45, 7) is 2.27. The Bertz CT molecular complexity index is 2470. The zero-order valence-corrected chi connectivity index (χ0v) is 37.6. The Labute approximate surface area is 356 Å². The molecule has 12 atom stereocenters. The fourth-order valence-corrected chi connectivity index (χ4v) is 12.1. The number of anilines is 1. The zero-order chi connectivity index (χ0) is 48.2. The molecule has 4 unspecified atom stereocenters. The predicted octanol–water partition coefficient (Wildman–Crippen LogP) is -1.15. The molecule has 34 nitrogen and oxygen atoms in total. The number of nitrogens with zero attached hydrogens (tertiary/aromatic N) is 7. The minimum atomic E-state index is -5.71. The third-order valence-electron chi connectivity index (χ3n) is 8.75. The number of ether oxygens (including phenoxy) is 2. The SMILES string of the molecule is C[C@@]1(O)[C@H](O)[C@@H](COP(=O)(O)OP(=O)(O)OP(=O)(O)O)O[C@H]1n1cnc2c(N)ncnc21.Cc1ncnc2c1ccn2[C@@H]1O[C@H](COP(=O)(O)OP(=O)(O)OP(=O)(O)O)[C@@H](O)[C@@]1(C)O. The molecule has 64 heavy (non-hydrogen) atoms. The van der Waals surface area contributed by atoms with Gasteiger partial charge in [0.05, 0.1) is 25.2 Å². The Morgan fingerprint density at radius 1 is 0.656 bits per heavy atom. The lowest BCUT2D eigenvalue weighted by molar-refractivity contribution is -0.0949. The van der Waals surface area contributed by atoms with Gasteiger partial charge in [0.2, 0.25) is 0 Å². The van der Waals surface area contributed by atoms with Crippen molar-refractivity contribution in [1.29, 1.82) is 0 Å². The van der Waals surface area contributed by atoms with E-state index in [-0.39, 0.29) is 17.0 Å². The number of rotatable bonds is 16. The number of aryl methyl sites for hydroxylation is 1. The van der Waals surface area contributed by atoms with Gasteiger partial charge in [-0.3, -0.25) is 13.6 Å². The Morgan fingerprint density at radius 3 is 1.56 bits per heavy atom. The second-order valence-corrected chi connectivity index (χ2v) is 22.5. The number of nitrogen functional groups attached to an aromatic ring is 1. The summed E-state index contributed by atoms with van der Waals surface area (Å²) in [6, 6.07) is 1.66. The van der Waals surface area contributed by atoms with Crippen molar-refractivity contribution in [2.75, 3.05) is 18.9 Å². The standard InChI is InChI=1S/C13H20N3O13P3.C11H18N5O13P3/c1-7-8-3-4-16(11(8)15-6-14-7)12-13(2,18)10(17)9(27-12)5-26-31(22,23)29-32(24,25)28-30(19,20)21;1-11(18)7(17)5(2-26-31(22,23)29-32(24,25)28-30(19,20)21)27-10(11)16-4-15-6-8(12)13-3-14-9(6)16/h3-4,6,9-10,12,17-18H,5H2,1-2H3,(H,22,23)(H,24,25)(H2,19,20,21);3-5,7,10,17-18H,2H2,1H3,(H,22,23)(H,24,25)(H2,12,13,14)(H2,19,20,21)/t9-,10-,12-,13-;5-,7-,10-,11-/m11/s1. The van der Waals surface area contributed by atoms with Crippen molar-refractivity contribution in [3.8, 4) is 0 Å². The van der Waals surface area contributed by atoms with Gasteiger partial charge in [0.15, 0.2) is 23.9 Å². The molecular formula is C24H38N8O26P6. The molecule has 0 spiro atoms. The fraction of sp³-hybridized carbons (Fsp3) is 0.542. The highest BCUT2D eigenvalue weighted by Gasteiger charge is 2.56. The second kappa shape index (κ2) is 18.6. The van der Waals surface area contributed by atoms with E-state index in [4.69, 9.17) is 39.7 Å². The first-order valence-electron chi connectivity index (χ1n) is 16.9. The maximum Gasteiger partial charge on any atom is 0.490 e. The molecule has 0 aliphatic carbocycles. The van der Waals surface area contributed by atoms with Gasteiger partial charge >= 0.3 is 46.9 Å². The van der Waals surface area contributed by atoms with Crippen molar-refractivity contribution in [3.63, 3.8) is 0 Å². The van der Waals surface area contributed by atoms with E-state index in [9.17, 15) is 62.5 Å². The second-order valence-electron chi connectivity index (χ2n) is 13.7. The third-order valence-corrected chi connectivity index (χ3v) is 16.4. The minimum Gasteiger partial charge on any atom is -0.387 e. The van der Waals surface area contributed by atoms with Crippen LogP contribution in [0.5, 0.6) is 0 Å². The average Bonchev–Trinajstić information content (AvgIpc) is 3.84. The molecule has 0 bridgehead atoms. The molecule has 2 fully saturated rings. The highest BCUT2D eigenvalue weighted by Crippen LogP contribution is 2.67. The van der Waals surface area contributed by atoms with Crippen molar-refractivity contribution < 1.29 is 123 Å². The van der Waals surface area contributed by atoms with E-state index in [1.165, 1.54) is 41.8 Å². The molecule has 0 aromatic carbocycles. The van der Waals surface area contributed by atoms with Crippen molar-refractivity contribution in [2.45, 2.75) is 68.8 Å². The van der Waals surface area contributed by atoms with Gasteiger partial charge in [-0.2, -0.15) is 17.2 Å². The number of phosphoric ester groups is 2. The zero-order valence-electron chi connectivity index (χ0n) is 32.2. The molecule has 4 aromatic rings. The van der Waals surface area contributed by atoms with E-state index >= 15 is 0 Å². The molecular weight excluding hydrogens is 1000 g/mol. The number of phosphoric acid groups is 6. The minimum absolute atomic E-state index is 0.0381. The topological polar surface area (TPSA) is 519 Å². The van der Waals surface area contributed by atoms with E-state index in [1.54, 1.807) is 13.0 Å². The van der Waals surface area contributed by atoms with Crippen LogP contribution >= 0.6 is 46.9 Å². The molecule has 4 aromatic heterocycles. The summed E-state index contributed by atoms with van der Waals surface area (Å²) in [7, 11) is -33.4. The van der Waals surface area contributed by atoms with Crippen LogP contribution in [0.25, 0.3) is 22.2 Å². The quantitative estimate of drug-likeness (QED) is 0.0590. The van der Waals surface area contributed by atoms with Gasteiger partial charge in [-0.1, -0.05) is 0 Å². The maximum absolute atomic E-state index is 11.9. The van der Waals surface area contributed by atoms with Crippen molar-refractivity contribution in [2.24, 2.45) is 0 Å². The Kier molecular flexibility index (Phi) is 15.2. The summed E-state index contributed by atoms with van der Waals surface area (Å²) in [5, 5.41) is 43.0. The number of nitrogens with two attached hydrogens (primary N) is 1. The number of aliphatic hydroxyl groups excluding tert-OH is 2. The number of hydrogen-bond acceptors (Lipinski definition) is 24. The summed E-state index contributed by atoms with van der Waals surface area (Å²) in [5.41, 5.74) is 3.10. The molecule has 6 rings (SSSR count). The first kappa shape index (κ1) is 52.5. The lowest BCUT2D eigenvalue weighted by Gasteiger charge is -2.27. The van der Waals surface area contributed by atoms with Crippen LogP contribution in [0.2, 0.25) is 0 Å². The number of fused-ring (bicyclic) bond motifs is 2. The predicted molar refractivity (Wildman–Crippen MR) is 203 cm³/mol. The smallest absolute Gasteiger partial charge is 0.387 e. The van der Waals surface area contributed by atoms with Crippen LogP contribution in [-0.4, -0.2) is 142 Å². The van der Waals surface area contributed by atoms with Crippen molar-refractivity contribution in [3.05, 3.63) is 36.9 Å². The summed E-state index contributed by atoms with van der Waals surface area (Å²) < 4.78 is 105. The van der Waals surface area contributed by atoms with Crippen LogP contribution in [0.3, 0.4) is 0 Å². The van der Waals surface area contributed by atoms with Gasteiger partial charge in [-0.05, 0) is 26.8 Å². The first-order chi connectivity index (χ1) is 29.0. The lowest BCUT2D eigenvalue weighted by atomic mass is 9.96. The summed E-state index contributed by atoms with van der Waals surface area (Å²) >= 11 is 0. The molecule has 0 amide bonds. The molecule has 0 radical (unpaired) electrons. The molecule has 0 saturated carbocycles. The van der Waals surface area contributed by atoms with Crippen LogP contribution < -0.4 is 5.73 Å². The first-order valence-corrected chi connectivity index (χ1v) is 26.0. The van der Waals surface area contributed by atoms with Crippen LogP contribution in [0.1, 0.15) is 32.0 Å². The maximum atomic E-state index is 11.9. The molecule has 40 heteroatoms. The van der Waals surface area contributed by atoms with E-state index in [1.807, 2.05) is 0 Å². The Balaban J connectivity index is 0.000000241. The molecule has 2 saturated heterocycles. The van der Waals surface area contributed by atoms with E-state index in [0.29, 0.717) is 16.7 Å². The van der Waals surface area contributed by atoms with Gasteiger partial charge in [-0.25, -0.2) is 52.3 Å². The molecule has 6 heterocycles. The van der Waals surface area contributed by atoms with E-state index < -0.39 is 108 Å². The normalized spacial score (nSPS) is 30.3. The van der Waals surface area contributed by atoms with Crippen molar-refractivity contribution >= 4 is 75.0 Å². The summed E-state index contributed by atoms with van der Waals surface area (Å²) in [4.78, 5) is 91.5. The third kappa shape index (κ3) is 12.5. The molecule has 360 valence electrons. The number of aliphatic hydroxyl groups is 4. The van der Waals surface area contributed by atoms with Gasteiger partial charge in [0, 0.05) is 11.6 Å². The van der Waals surface area contributed by atoms with Gasteiger partial charge in [-0.15, -0.1) is 0 Å². The largest absolute Gasteiger partial charge is 0.490 e. The lowest BCUT2D eigenvalue weighted by Crippen LogP contribution is -2.44. The summed E-state index contributed by atoms with van der Waals surface area (Å²) in [6.07, 6.45) is -3.72. The van der Waals surface area contributed by atoms with Crippen LogP contribution in [0, 0.1) is 6.92 Å².